The van der Waals surface area contributed by atoms with Crippen molar-refractivity contribution < 1.29 is 19.5 Å². The molecule has 0 unspecified atom stereocenters. The van der Waals surface area contributed by atoms with Crippen LogP contribution in [0, 0.1) is 0 Å². The van der Waals surface area contributed by atoms with E-state index in [1.807, 2.05) is 38.1 Å². The Morgan fingerprint density at radius 1 is 1.24 bits per heavy atom. The lowest BCUT2D eigenvalue weighted by atomic mass is 10.0. The van der Waals surface area contributed by atoms with Crippen LogP contribution in [-0.2, 0) is 20.9 Å². The third kappa shape index (κ3) is 5.99. The molecule has 1 aliphatic carbocycles. The first-order chi connectivity index (χ1) is 11.9. The minimum atomic E-state index is -0.750. The lowest BCUT2D eigenvalue weighted by Crippen LogP contribution is -2.48. The molecule has 6 heteroatoms. The van der Waals surface area contributed by atoms with Crippen LogP contribution in [0.25, 0.3) is 6.08 Å². The first-order valence-corrected chi connectivity index (χ1v) is 8.58. The molecule has 0 heterocycles. The van der Waals surface area contributed by atoms with Gasteiger partial charge in [-0.25, -0.2) is 5.48 Å². The van der Waals surface area contributed by atoms with Crippen LogP contribution in [0.4, 0.5) is 0 Å². The van der Waals surface area contributed by atoms with E-state index in [0.717, 1.165) is 36.8 Å². The van der Waals surface area contributed by atoms with E-state index in [0.29, 0.717) is 6.54 Å². The summed E-state index contributed by atoms with van der Waals surface area (Å²) >= 11 is 0. The molecule has 0 atom stereocenters. The fourth-order valence-electron chi connectivity index (χ4n) is 2.66. The number of rotatable bonds is 7. The molecule has 1 aromatic rings. The number of hydroxylamine groups is 1. The fraction of sp³-hybridized carbons (Fsp3) is 0.474. The van der Waals surface area contributed by atoms with Crippen molar-refractivity contribution in [3.05, 3.63) is 41.5 Å². The van der Waals surface area contributed by atoms with Crippen molar-refractivity contribution >= 4 is 18.0 Å². The van der Waals surface area contributed by atoms with Gasteiger partial charge in [0.1, 0.15) is 11.6 Å². The van der Waals surface area contributed by atoms with E-state index in [1.54, 1.807) is 11.6 Å². The van der Waals surface area contributed by atoms with E-state index < -0.39 is 11.4 Å². The number of esters is 1. The molecular weight excluding hydrogens is 320 g/mol. The molecular formula is C19H26N2O4. The Morgan fingerprint density at radius 3 is 2.48 bits per heavy atom. The van der Waals surface area contributed by atoms with Gasteiger partial charge in [0, 0.05) is 12.6 Å². The van der Waals surface area contributed by atoms with Gasteiger partial charge in [0.25, 0.3) is 5.91 Å². The predicted octanol–water partition coefficient (Wildman–Crippen LogP) is 2.56. The number of carbonyl (C=O) groups is 2. The van der Waals surface area contributed by atoms with Crippen molar-refractivity contribution in [1.82, 2.24) is 10.8 Å². The third-order valence-corrected chi connectivity index (χ3v) is 4.34. The molecule has 2 rings (SSSR count). The molecule has 1 amide bonds. The maximum atomic E-state index is 12.3. The summed E-state index contributed by atoms with van der Waals surface area (Å²) < 4.78 is 5.58. The first kappa shape index (κ1) is 19.1. The van der Waals surface area contributed by atoms with Crippen LogP contribution in [0.5, 0.6) is 0 Å². The van der Waals surface area contributed by atoms with Crippen LogP contribution < -0.4 is 10.8 Å². The van der Waals surface area contributed by atoms with Gasteiger partial charge in [0.05, 0.1) is 0 Å². The lowest BCUT2D eigenvalue weighted by Gasteiger charge is -2.26. The standard InChI is InChI=1S/C19H26N2O4/c1-19(2,18(23)25-16-5-3-4-6-16)20-13-15-9-7-14(8-10-15)11-12-17(22)21-24/h7-12,16,20,24H,3-6,13H2,1-2H3,(H,21,22). The van der Waals surface area contributed by atoms with Gasteiger partial charge in [-0.2, -0.15) is 0 Å². The van der Waals surface area contributed by atoms with Crippen LogP contribution in [0.2, 0.25) is 0 Å². The summed E-state index contributed by atoms with van der Waals surface area (Å²) in [5.41, 5.74) is 2.65. The highest BCUT2D eigenvalue weighted by Gasteiger charge is 2.31. The SMILES string of the molecule is CC(C)(NCc1ccc(C=CC(=O)NO)cc1)C(=O)OC1CCCC1. The van der Waals surface area contributed by atoms with Gasteiger partial charge >= 0.3 is 5.97 Å². The smallest absolute Gasteiger partial charge is 0.326 e. The summed E-state index contributed by atoms with van der Waals surface area (Å²) in [6.07, 6.45) is 7.10. The van der Waals surface area contributed by atoms with Crippen molar-refractivity contribution in [2.75, 3.05) is 0 Å². The van der Waals surface area contributed by atoms with Gasteiger partial charge in [0.2, 0.25) is 0 Å². The van der Waals surface area contributed by atoms with Gasteiger partial charge in [0.15, 0.2) is 0 Å². The Balaban J connectivity index is 1.85. The van der Waals surface area contributed by atoms with E-state index in [-0.39, 0.29) is 12.1 Å². The number of carbonyl (C=O) groups excluding carboxylic acids is 2. The zero-order valence-electron chi connectivity index (χ0n) is 14.7. The van der Waals surface area contributed by atoms with Gasteiger partial charge in [-0.05, 0) is 56.7 Å². The number of nitrogens with one attached hydrogen (secondary N) is 2. The number of hydrogen-bond acceptors (Lipinski definition) is 5. The molecule has 6 nitrogen and oxygen atoms in total. The summed E-state index contributed by atoms with van der Waals surface area (Å²) in [5.74, 6) is -0.790. The molecule has 0 saturated heterocycles. The van der Waals surface area contributed by atoms with Gasteiger partial charge in [-0.1, -0.05) is 24.3 Å². The van der Waals surface area contributed by atoms with Crippen molar-refractivity contribution in [2.24, 2.45) is 0 Å². The fourth-order valence-corrected chi connectivity index (χ4v) is 2.66. The van der Waals surface area contributed by atoms with Crippen LogP contribution in [0.15, 0.2) is 30.3 Å². The Kier molecular flexibility index (Phi) is 6.73. The first-order valence-electron chi connectivity index (χ1n) is 8.58. The van der Waals surface area contributed by atoms with Gasteiger partial charge < -0.3 is 4.74 Å². The van der Waals surface area contributed by atoms with Crippen LogP contribution in [0.3, 0.4) is 0 Å². The molecule has 0 bridgehead atoms. The highest BCUT2D eigenvalue weighted by molar-refractivity contribution is 5.90. The minimum absolute atomic E-state index is 0.0655. The van der Waals surface area contributed by atoms with Crippen molar-refractivity contribution in [3.63, 3.8) is 0 Å². The highest BCUT2D eigenvalue weighted by Crippen LogP contribution is 2.22. The molecule has 0 aromatic heterocycles. The normalized spacial score (nSPS) is 15.5. The van der Waals surface area contributed by atoms with Crippen molar-refractivity contribution in [3.8, 4) is 0 Å². The molecule has 3 N–H and O–H groups in total. The molecule has 0 radical (unpaired) electrons. The number of amides is 1. The quantitative estimate of drug-likeness (QED) is 0.306. The summed E-state index contributed by atoms with van der Waals surface area (Å²) in [6.45, 7) is 4.19. The Bertz CT molecular complexity index is 617. The van der Waals surface area contributed by atoms with Gasteiger partial charge in [-0.3, -0.25) is 20.1 Å². The molecule has 1 aliphatic rings. The lowest BCUT2D eigenvalue weighted by molar-refractivity contribution is -0.155. The molecule has 25 heavy (non-hydrogen) atoms. The van der Waals surface area contributed by atoms with E-state index in [4.69, 9.17) is 9.94 Å². The average molecular weight is 346 g/mol. The maximum absolute atomic E-state index is 12.3. The van der Waals surface area contributed by atoms with Crippen LogP contribution >= 0.6 is 0 Å². The molecule has 1 aromatic carbocycles. The molecule has 136 valence electrons. The Labute approximate surface area is 148 Å². The monoisotopic (exact) mass is 346 g/mol. The van der Waals surface area contributed by atoms with Crippen LogP contribution in [-0.4, -0.2) is 28.7 Å². The molecule has 1 saturated carbocycles. The second kappa shape index (κ2) is 8.78. The highest BCUT2D eigenvalue weighted by atomic mass is 16.5. The Morgan fingerprint density at radius 2 is 1.88 bits per heavy atom. The maximum Gasteiger partial charge on any atom is 0.326 e. The van der Waals surface area contributed by atoms with E-state index >= 15 is 0 Å². The summed E-state index contributed by atoms with van der Waals surface area (Å²) in [7, 11) is 0. The number of benzene rings is 1. The van der Waals surface area contributed by atoms with E-state index in [2.05, 4.69) is 5.32 Å². The van der Waals surface area contributed by atoms with E-state index in [9.17, 15) is 9.59 Å². The topological polar surface area (TPSA) is 87.7 Å². The largest absolute Gasteiger partial charge is 0.461 e. The van der Waals surface area contributed by atoms with Crippen LogP contribution in [0.1, 0.15) is 50.7 Å². The molecule has 0 aliphatic heterocycles. The Hall–Kier alpha value is -2.18. The zero-order valence-corrected chi connectivity index (χ0v) is 14.7. The van der Waals surface area contributed by atoms with Crippen molar-refractivity contribution in [2.45, 2.75) is 57.7 Å². The second-order valence-corrected chi connectivity index (χ2v) is 6.84. The number of ether oxygens (including phenoxy) is 1. The summed E-state index contributed by atoms with van der Waals surface area (Å²) in [4.78, 5) is 23.3. The van der Waals surface area contributed by atoms with E-state index in [1.165, 1.54) is 6.08 Å². The zero-order chi connectivity index (χ0) is 18.3. The number of hydrogen-bond donors (Lipinski definition) is 3. The van der Waals surface area contributed by atoms with Crippen molar-refractivity contribution in [1.29, 1.82) is 0 Å². The minimum Gasteiger partial charge on any atom is -0.461 e. The summed E-state index contributed by atoms with van der Waals surface area (Å²) in [5, 5.41) is 11.7. The van der Waals surface area contributed by atoms with Gasteiger partial charge in [-0.15, -0.1) is 0 Å². The predicted molar refractivity (Wildman–Crippen MR) is 94.7 cm³/mol. The summed E-state index contributed by atoms with van der Waals surface area (Å²) in [6, 6.07) is 7.56. The molecule has 1 fully saturated rings. The third-order valence-electron chi connectivity index (χ3n) is 4.34. The second-order valence-electron chi connectivity index (χ2n) is 6.84. The average Bonchev–Trinajstić information content (AvgIpc) is 3.11. The molecule has 0 spiro atoms.